The standard InChI is InChI=1S/C19H40N2O4Si/c1-10-11-16(25-26(8,9)19(3,4)5)15(12-17(22)24-7)18(23)21(6)14(2)13-20/h14-16H,10-13,20H2,1-9H3/t14-,15-,16+/m0/s1. The molecule has 0 bridgehead atoms. The van der Waals surface area contributed by atoms with Crippen LogP contribution >= 0.6 is 0 Å². The lowest BCUT2D eigenvalue weighted by atomic mass is 9.93. The van der Waals surface area contributed by atoms with Gasteiger partial charge in [-0.1, -0.05) is 34.1 Å². The fourth-order valence-electron chi connectivity index (χ4n) is 2.46. The molecule has 154 valence electrons. The predicted octanol–water partition coefficient (Wildman–Crippen LogP) is 3.16. The molecule has 0 fully saturated rings. The fourth-order valence-corrected chi connectivity index (χ4v) is 3.85. The molecule has 0 spiro atoms. The van der Waals surface area contributed by atoms with Gasteiger partial charge in [0, 0.05) is 19.6 Å². The monoisotopic (exact) mass is 388 g/mol. The van der Waals surface area contributed by atoms with E-state index in [9.17, 15) is 9.59 Å². The van der Waals surface area contributed by atoms with E-state index < -0.39 is 20.2 Å². The second-order valence-corrected chi connectivity index (χ2v) is 13.4. The van der Waals surface area contributed by atoms with Crippen molar-refractivity contribution in [2.45, 2.75) is 84.2 Å². The van der Waals surface area contributed by atoms with Crippen molar-refractivity contribution in [3.8, 4) is 0 Å². The van der Waals surface area contributed by atoms with E-state index >= 15 is 0 Å². The Hall–Kier alpha value is -0.923. The molecule has 0 aliphatic rings. The highest BCUT2D eigenvalue weighted by molar-refractivity contribution is 6.74. The number of methoxy groups -OCH3 is 1. The predicted molar refractivity (Wildman–Crippen MR) is 108 cm³/mol. The van der Waals surface area contributed by atoms with Gasteiger partial charge in [-0.05, 0) is 31.5 Å². The third-order valence-corrected chi connectivity index (χ3v) is 10.1. The number of esters is 1. The van der Waals surface area contributed by atoms with E-state index in [-0.39, 0.29) is 29.5 Å². The minimum absolute atomic E-state index is 0.0221. The van der Waals surface area contributed by atoms with Crippen molar-refractivity contribution in [1.29, 1.82) is 0 Å². The van der Waals surface area contributed by atoms with Crippen LogP contribution in [0.4, 0.5) is 0 Å². The van der Waals surface area contributed by atoms with Crippen LogP contribution in [0, 0.1) is 5.92 Å². The summed E-state index contributed by atoms with van der Waals surface area (Å²) in [6.45, 7) is 15.2. The third kappa shape index (κ3) is 7.00. The van der Waals surface area contributed by atoms with Crippen molar-refractivity contribution in [1.82, 2.24) is 4.90 Å². The zero-order valence-electron chi connectivity index (χ0n) is 18.2. The Morgan fingerprint density at radius 1 is 1.23 bits per heavy atom. The number of carbonyl (C=O) groups excluding carboxylic acids is 2. The Labute approximate surface area is 160 Å². The molecule has 0 aromatic carbocycles. The van der Waals surface area contributed by atoms with Crippen LogP contribution in [0.15, 0.2) is 0 Å². The van der Waals surface area contributed by atoms with Crippen molar-refractivity contribution in [2.75, 3.05) is 20.7 Å². The topological polar surface area (TPSA) is 81.9 Å². The average molecular weight is 389 g/mol. The van der Waals surface area contributed by atoms with Crippen molar-refractivity contribution >= 4 is 20.2 Å². The van der Waals surface area contributed by atoms with Crippen LogP contribution in [0.5, 0.6) is 0 Å². The summed E-state index contributed by atoms with van der Waals surface area (Å²) in [5.41, 5.74) is 5.72. The molecule has 0 heterocycles. The number of hydrogen-bond acceptors (Lipinski definition) is 5. The first-order chi connectivity index (χ1) is 11.8. The second-order valence-electron chi connectivity index (χ2n) is 8.63. The SMILES string of the molecule is CCC[C@@H](O[Si](C)(C)C(C)(C)C)[C@H](CC(=O)OC)C(=O)N(C)[C@@H](C)CN. The van der Waals surface area contributed by atoms with Crippen molar-refractivity contribution in [2.24, 2.45) is 11.7 Å². The maximum Gasteiger partial charge on any atom is 0.306 e. The normalized spacial score (nSPS) is 15.9. The van der Waals surface area contributed by atoms with Crippen LogP contribution in [0.1, 0.15) is 53.9 Å². The van der Waals surface area contributed by atoms with E-state index in [4.69, 9.17) is 14.9 Å². The van der Waals surface area contributed by atoms with Crippen LogP contribution in [-0.2, 0) is 18.8 Å². The molecule has 0 saturated carbocycles. The molecule has 0 rings (SSSR count). The lowest BCUT2D eigenvalue weighted by Crippen LogP contribution is -2.51. The summed E-state index contributed by atoms with van der Waals surface area (Å²) in [7, 11) is 0.990. The van der Waals surface area contributed by atoms with Crippen molar-refractivity contribution in [3.05, 3.63) is 0 Å². The molecule has 26 heavy (non-hydrogen) atoms. The van der Waals surface area contributed by atoms with Gasteiger partial charge in [-0.3, -0.25) is 9.59 Å². The lowest BCUT2D eigenvalue weighted by Gasteiger charge is -2.42. The Kier molecular flexibility index (Phi) is 10.1. The number of amides is 1. The largest absolute Gasteiger partial charge is 0.469 e. The Morgan fingerprint density at radius 3 is 2.15 bits per heavy atom. The van der Waals surface area contributed by atoms with E-state index in [2.05, 4.69) is 40.8 Å². The van der Waals surface area contributed by atoms with Gasteiger partial charge in [0.2, 0.25) is 5.91 Å². The maximum atomic E-state index is 13.1. The van der Waals surface area contributed by atoms with E-state index in [1.165, 1.54) is 7.11 Å². The highest BCUT2D eigenvalue weighted by atomic mass is 28.4. The van der Waals surface area contributed by atoms with Gasteiger partial charge in [-0.25, -0.2) is 0 Å². The van der Waals surface area contributed by atoms with Crippen LogP contribution < -0.4 is 5.73 Å². The summed E-state index contributed by atoms with van der Waals surface area (Å²) in [5, 5.41) is 0.0221. The summed E-state index contributed by atoms with van der Waals surface area (Å²) in [6, 6.07) is -0.0993. The van der Waals surface area contributed by atoms with Gasteiger partial charge in [0.05, 0.1) is 25.6 Å². The van der Waals surface area contributed by atoms with E-state index in [1.54, 1.807) is 11.9 Å². The molecule has 0 radical (unpaired) electrons. The Bertz CT molecular complexity index is 463. The number of rotatable bonds is 10. The highest BCUT2D eigenvalue weighted by Gasteiger charge is 2.43. The maximum absolute atomic E-state index is 13.1. The van der Waals surface area contributed by atoms with Gasteiger partial charge in [0.25, 0.3) is 0 Å². The zero-order valence-corrected chi connectivity index (χ0v) is 19.2. The van der Waals surface area contributed by atoms with Gasteiger partial charge in [-0.15, -0.1) is 0 Å². The van der Waals surface area contributed by atoms with Gasteiger partial charge in [-0.2, -0.15) is 0 Å². The smallest absolute Gasteiger partial charge is 0.306 e. The number of hydrogen-bond donors (Lipinski definition) is 1. The van der Waals surface area contributed by atoms with Gasteiger partial charge in [0.1, 0.15) is 0 Å². The number of nitrogens with zero attached hydrogens (tertiary/aromatic N) is 1. The molecule has 0 aliphatic heterocycles. The second kappa shape index (κ2) is 10.4. The summed E-state index contributed by atoms with van der Waals surface area (Å²) in [4.78, 5) is 26.8. The molecular weight excluding hydrogens is 348 g/mol. The molecule has 0 saturated heterocycles. The molecule has 6 nitrogen and oxygen atoms in total. The highest BCUT2D eigenvalue weighted by Crippen LogP contribution is 2.39. The molecule has 1 amide bonds. The van der Waals surface area contributed by atoms with Crippen molar-refractivity contribution < 1.29 is 18.8 Å². The van der Waals surface area contributed by atoms with Gasteiger partial charge >= 0.3 is 5.97 Å². The lowest BCUT2D eigenvalue weighted by molar-refractivity contribution is -0.150. The van der Waals surface area contributed by atoms with Crippen LogP contribution in [0.3, 0.4) is 0 Å². The number of nitrogens with two attached hydrogens (primary N) is 1. The molecule has 2 N–H and O–H groups in total. The fraction of sp³-hybridized carbons (Fsp3) is 0.895. The summed E-state index contributed by atoms with van der Waals surface area (Å²) in [6.07, 6.45) is 1.32. The Balaban J connectivity index is 5.75. The number of ether oxygens (including phenoxy) is 1. The molecule has 0 unspecified atom stereocenters. The minimum atomic E-state index is -2.09. The number of likely N-dealkylation sites (N-methyl/N-ethyl adjacent to an activating group) is 1. The molecule has 0 aromatic rings. The average Bonchev–Trinajstić information content (AvgIpc) is 2.55. The molecule has 0 aliphatic carbocycles. The summed E-state index contributed by atoms with van der Waals surface area (Å²) in [5.74, 6) is -1.06. The minimum Gasteiger partial charge on any atom is -0.469 e. The Morgan fingerprint density at radius 2 is 1.77 bits per heavy atom. The first-order valence-corrected chi connectivity index (χ1v) is 12.4. The van der Waals surface area contributed by atoms with E-state index in [0.717, 1.165) is 12.8 Å². The van der Waals surface area contributed by atoms with Gasteiger partial charge < -0.3 is 19.8 Å². The molecule has 7 heteroatoms. The van der Waals surface area contributed by atoms with E-state index in [1.807, 2.05) is 6.92 Å². The van der Waals surface area contributed by atoms with Gasteiger partial charge in [0.15, 0.2) is 8.32 Å². The first-order valence-electron chi connectivity index (χ1n) is 9.53. The summed E-state index contributed by atoms with van der Waals surface area (Å²) < 4.78 is 11.4. The van der Waals surface area contributed by atoms with Crippen LogP contribution in [0.2, 0.25) is 18.1 Å². The van der Waals surface area contributed by atoms with E-state index in [0.29, 0.717) is 6.54 Å². The molecule has 0 aromatic heterocycles. The number of carbonyl (C=O) groups is 2. The summed E-state index contributed by atoms with van der Waals surface area (Å²) >= 11 is 0. The molecular formula is C19H40N2O4Si. The zero-order chi connectivity index (χ0) is 20.7. The van der Waals surface area contributed by atoms with Crippen molar-refractivity contribution in [3.63, 3.8) is 0 Å². The quantitative estimate of drug-likeness (QED) is 0.459. The van der Waals surface area contributed by atoms with Crippen LogP contribution in [0.25, 0.3) is 0 Å². The third-order valence-electron chi connectivity index (χ3n) is 5.56. The first kappa shape index (κ1) is 25.1. The van der Waals surface area contributed by atoms with Crippen LogP contribution in [-0.4, -0.2) is 57.9 Å². The molecule has 3 atom stereocenters.